The van der Waals surface area contributed by atoms with Gasteiger partial charge in [0, 0.05) is 25.4 Å². The van der Waals surface area contributed by atoms with Gasteiger partial charge in [-0.25, -0.2) is 10.1 Å². The summed E-state index contributed by atoms with van der Waals surface area (Å²) in [5.41, 5.74) is 0.127. The predicted octanol–water partition coefficient (Wildman–Crippen LogP) is 0.801. The molecule has 84 valence electrons. The van der Waals surface area contributed by atoms with Crippen molar-refractivity contribution in [3.8, 4) is 0 Å². The highest BCUT2D eigenvalue weighted by Crippen LogP contribution is 2.13. The lowest BCUT2D eigenvalue weighted by molar-refractivity contribution is 0.919. The molecule has 0 saturated carbocycles. The van der Waals surface area contributed by atoms with Crippen molar-refractivity contribution in [3.63, 3.8) is 0 Å². The second-order valence-electron chi connectivity index (χ2n) is 3.14. The Bertz CT molecular complexity index is 507. The van der Waals surface area contributed by atoms with E-state index in [1.165, 1.54) is 6.20 Å². The second-order valence-corrected chi connectivity index (χ2v) is 3.52. The van der Waals surface area contributed by atoms with Gasteiger partial charge < -0.3 is 10.3 Å². The molecule has 0 atom stereocenters. The van der Waals surface area contributed by atoms with E-state index in [1.807, 2.05) is 0 Å². The number of nitrogens with one attached hydrogen (secondary N) is 3. The van der Waals surface area contributed by atoms with E-state index in [0.29, 0.717) is 12.2 Å². The summed E-state index contributed by atoms with van der Waals surface area (Å²) in [7, 11) is 0. The van der Waals surface area contributed by atoms with Gasteiger partial charge >= 0.3 is 0 Å². The molecular weight excluding hydrogens is 230 g/mol. The van der Waals surface area contributed by atoms with Gasteiger partial charge in [-0.15, -0.1) is 0 Å². The van der Waals surface area contributed by atoms with E-state index in [-0.39, 0.29) is 5.02 Å². The maximum atomic E-state index is 11.1. The van der Waals surface area contributed by atoms with Gasteiger partial charge in [0.25, 0.3) is 5.56 Å². The number of aromatic nitrogens is 4. The first-order valence-electron chi connectivity index (χ1n) is 4.72. The van der Waals surface area contributed by atoms with Gasteiger partial charge in [0.2, 0.25) is 0 Å². The molecule has 0 amide bonds. The number of aromatic amines is 2. The van der Waals surface area contributed by atoms with Crippen LogP contribution in [0.4, 0.5) is 5.69 Å². The fourth-order valence-corrected chi connectivity index (χ4v) is 1.41. The van der Waals surface area contributed by atoms with Gasteiger partial charge in [0.05, 0.1) is 11.9 Å². The van der Waals surface area contributed by atoms with E-state index in [9.17, 15) is 4.79 Å². The summed E-state index contributed by atoms with van der Waals surface area (Å²) in [4.78, 5) is 18.2. The second kappa shape index (κ2) is 4.80. The van der Waals surface area contributed by atoms with Crippen LogP contribution in [0.1, 0.15) is 5.82 Å². The quantitative estimate of drug-likeness (QED) is 0.737. The van der Waals surface area contributed by atoms with Gasteiger partial charge in [0.15, 0.2) is 0 Å². The molecule has 0 aliphatic carbocycles. The van der Waals surface area contributed by atoms with Crippen molar-refractivity contribution < 1.29 is 0 Å². The van der Waals surface area contributed by atoms with Gasteiger partial charge in [-0.05, 0) is 0 Å². The van der Waals surface area contributed by atoms with E-state index in [2.05, 4.69) is 25.5 Å². The van der Waals surface area contributed by atoms with Crippen LogP contribution >= 0.6 is 11.6 Å². The molecule has 0 radical (unpaired) electrons. The fraction of sp³-hybridized carbons (Fsp3) is 0.222. The molecule has 0 aromatic carbocycles. The third-order valence-corrected chi connectivity index (χ3v) is 2.40. The molecule has 0 aliphatic rings. The monoisotopic (exact) mass is 239 g/mol. The molecule has 0 spiro atoms. The lowest BCUT2D eigenvalue weighted by Gasteiger charge is -2.05. The van der Waals surface area contributed by atoms with Crippen molar-refractivity contribution in [1.29, 1.82) is 0 Å². The molecule has 2 aromatic rings. The van der Waals surface area contributed by atoms with Crippen molar-refractivity contribution in [1.82, 2.24) is 20.2 Å². The number of H-pyrrole nitrogens is 2. The van der Waals surface area contributed by atoms with E-state index < -0.39 is 5.56 Å². The van der Waals surface area contributed by atoms with Crippen LogP contribution in [0.3, 0.4) is 0 Å². The minimum absolute atomic E-state index is 0.120. The molecule has 0 aliphatic heterocycles. The Morgan fingerprint density at radius 3 is 3.12 bits per heavy atom. The third kappa shape index (κ3) is 2.40. The number of rotatable bonds is 4. The fourth-order valence-electron chi connectivity index (χ4n) is 1.26. The topological polar surface area (TPSA) is 86.5 Å². The van der Waals surface area contributed by atoms with Crippen LogP contribution in [0.25, 0.3) is 0 Å². The number of nitrogens with zero attached hydrogens (tertiary/aromatic N) is 2. The molecule has 7 heteroatoms. The average Bonchev–Trinajstić information content (AvgIpc) is 2.77. The zero-order valence-corrected chi connectivity index (χ0v) is 9.08. The number of anilines is 1. The van der Waals surface area contributed by atoms with Gasteiger partial charge in [-0.2, -0.15) is 5.10 Å². The Kier molecular flexibility index (Phi) is 3.21. The molecule has 2 heterocycles. The summed E-state index contributed by atoms with van der Waals surface area (Å²) in [5.74, 6) is 0.876. The van der Waals surface area contributed by atoms with Crippen LogP contribution in [0.2, 0.25) is 5.02 Å². The number of halogens is 1. The highest BCUT2D eigenvalue weighted by molar-refractivity contribution is 6.32. The van der Waals surface area contributed by atoms with Crippen LogP contribution in [0.5, 0.6) is 0 Å². The van der Waals surface area contributed by atoms with E-state index >= 15 is 0 Å². The normalized spacial score (nSPS) is 10.3. The summed E-state index contributed by atoms with van der Waals surface area (Å²) in [5, 5.41) is 9.04. The maximum Gasteiger partial charge on any atom is 0.285 e. The predicted molar refractivity (Wildman–Crippen MR) is 60.6 cm³/mol. The molecule has 2 aromatic heterocycles. The van der Waals surface area contributed by atoms with Gasteiger partial charge in [0.1, 0.15) is 10.8 Å². The van der Waals surface area contributed by atoms with Crippen molar-refractivity contribution in [2.75, 3.05) is 11.9 Å². The standard InChI is InChI=1S/C9H10ClN5O/c10-8-6(5-14-15-9(8)16)11-2-1-7-12-3-4-13-7/h3-5H,1-2H2,(H,12,13)(H2,11,15,16). The Labute approximate surface area is 96.1 Å². The lowest BCUT2D eigenvalue weighted by Crippen LogP contribution is -2.13. The van der Waals surface area contributed by atoms with Crippen LogP contribution in [0.15, 0.2) is 23.4 Å². The molecule has 6 nitrogen and oxygen atoms in total. The molecule has 0 saturated heterocycles. The van der Waals surface area contributed by atoms with Crippen LogP contribution in [-0.4, -0.2) is 26.7 Å². The Balaban J connectivity index is 1.95. The first-order chi connectivity index (χ1) is 7.77. The summed E-state index contributed by atoms with van der Waals surface area (Å²) in [6.07, 6.45) is 5.65. The van der Waals surface area contributed by atoms with Crippen LogP contribution in [0, 0.1) is 0 Å². The van der Waals surface area contributed by atoms with Crippen LogP contribution < -0.4 is 10.9 Å². The minimum Gasteiger partial charge on any atom is -0.382 e. The Hall–Kier alpha value is -1.82. The summed E-state index contributed by atoms with van der Waals surface area (Å²) in [6, 6.07) is 0. The SMILES string of the molecule is O=c1[nH]ncc(NCCc2ncc[nH]2)c1Cl. The van der Waals surface area contributed by atoms with E-state index in [1.54, 1.807) is 12.4 Å². The number of hydrogen-bond donors (Lipinski definition) is 3. The zero-order chi connectivity index (χ0) is 11.4. The molecule has 0 fully saturated rings. The van der Waals surface area contributed by atoms with Crippen molar-refractivity contribution >= 4 is 17.3 Å². The Morgan fingerprint density at radius 1 is 1.50 bits per heavy atom. The summed E-state index contributed by atoms with van der Waals surface area (Å²) >= 11 is 5.78. The minimum atomic E-state index is -0.398. The van der Waals surface area contributed by atoms with Crippen LogP contribution in [-0.2, 0) is 6.42 Å². The molecule has 16 heavy (non-hydrogen) atoms. The number of hydrogen-bond acceptors (Lipinski definition) is 4. The third-order valence-electron chi connectivity index (χ3n) is 2.03. The highest BCUT2D eigenvalue weighted by Gasteiger charge is 2.04. The van der Waals surface area contributed by atoms with Crippen molar-refractivity contribution in [2.45, 2.75) is 6.42 Å². The summed E-state index contributed by atoms with van der Waals surface area (Å²) in [6.45, 7) is 0.623. The first kappa shape index (κ1) is 10.7. The largest absolute Gasteiger partial charge is 0.382 e. The highest BCUT2D eigenvalue weighted by atomic mass is 35.5. The molecule has 3 N–H and O–H groups in total. The molecular formula is C9H10ClN5O. The number of imidazole rings is 1. The molecule has 2 rings (SSSR count). The zero-order valence-electron chi connectivity index (χ0n) is 8.33. The van der Waals surface area contributed by atoms with E-state index in [0.717, 1.165) is 12.2 Å². The molecule has 0 bridgehead atoms. The Morgan fingerprint density at radius 2 is 2.38 bits per heavy atom. The summed E-state index contributed by atoms with van der Waals surface area (Å²) < 4.78 is 0. The lowest BCUT2D eigenvalue weighted by atomic mass is 10.4. The average molecular weight is 240 g/mol. The molecule has 0 unspecified atom stereocenters. The smallest absolute Gasteiger partial charge is 0.285 e. The van der Waals surface area contributed by atoms with Gasteiger partial charge in [-0.3, -0.25) is 4.79 Å². The van der Waals surface area contributed by atoms with Crippen molar-refractivity contribution in [3.05, 3.63) is 39.8 Å². The van der Waals surface area contributed by atoms with E-state index in [4.69, 9.17) is 11.6 Å². The van der Waals surface area contributed by atoms with Crippen molar-refractivity contribution in [2.24, 2.45) is 0 Å². The van der Waals surface area contributed by atoms with Gasteiger partial charge in [-0.1, -0.05) is 11.6 Å². The first-order valence-corrected chi connectivity index (χ1v) is 5.10. The maximum absolute atomic E-state index is 11.1.